The number of aromatic nitrogens is 2. The monoisotopic (exact) mass is 185 g/mol. The molecule has 0 saturated carbocycles. The summed E-state index contributed by atoms with van der Waals surface area (Å²) in [6.07, 6.45) is 6.07. The highest BCUT2D eigenvalue weighted by Crippen LogP contribution is 1.95. The first kappa shape index (κ1) is 9.45. The molecule has 0 unspecified atom stereocenters. The molecule has 0 N–H and O–H groups in total. The molecule has 0 radical (unpaired) electrons. The van der Waals surface area contributed by atoms with E-state index in [1.807, 2.05) is 30.3 Å². The van der Waals surface area contributed by atoms with Crippen LogP contribution in [0.15, 0.2) is 17.4 Å². The van der Waals surface area contributed by atoms with E-state index in [-0.39, 0.29) is 0 Å². The normalized spacial score (nSPS) is 12.9. The molecule has 0 aliphatic rings. The summed E-state index contributed by atoms with van der Waals surface area (Å²) in [5, 5.41) is 0. The molecule has 0 aliphatic heterocycles. The van der Waals surface area contributed by atoms with Crippen LogP contribution in [0.2, 0.25) is 0 Å². The highest BCUT2D eigenvalue weighted by atomic mass is 32.2. The molecule has 1 heterocycles. The van der Waals surface area contributed by atoms with Gasteiger partial charge in [-0.15, -0.1) is 0 Å². The van der Waals surface area contributed by atoms with E-state index < -0.39 is 0 Å². The van der Waals surface area contributed by atoms with Crippen molar-refractivity contribution in [2.24, 2.45) is 12.0 Å². The molecule has 12 heavy (non-hydrogen) atoms. The van der Waals surface area contributed by atoms with Crippen LogP contribution in [0, 0.1) is 0 Å². The Morgan fingerprint density at radius 3 is 2.58 bits per heavy atom. The summed E-state index contributed by atoms with van der Waals surface area (Å²) in [5.74, 6) is 0. The van der Waals surface area contributed by atoms with Crippen LogP contribution in [-0.2, 0) is 7.05 Å². The molecule has 0 atom stereocenters. The van der Waals surface area contributed by atoms with Crippen LogP contribution in [0.3, 0.4) is 0 Å². The molecule has 68 valence electrons. The quantitative estimate of drug-likeness (QED) is 0.680. The van der Waals surface area contributed by atoms with E-state index in [1.165, 1.54) is 0 Å². The lowest BCUT2D eigenvalue weighted by atomic mass is 10.4. The van der Waals surface area contributed by atoms with Gasteiger partial charge in [0.1, 0.15) is 0 Å². The van der Waals surface area contributed by atoms with Crippen LogP contribution in [0.1, 0.15) is 13.8 Å². The molecular weight excluding hydrogens is 170 g/mol. The van der Waals surface area contributed by atoms with Crippen molar-refractivity contribution in [3.05, 3.63) is 18.0 Å². The number of nitrogens with zero attached hydrogens (tertiary/aromatic N) is 3. The van der Waals surface area contributed by atoms with Crippen LogP contribution in [0.4, 0.5) is 0 Å². The first-order chi connectivity index (χ1) is 5.65. The van der Waals surface area contributed by atoms with Gasteiger partial charge in [-0.2, -0.15) is 0 Å². The third kappa shape index (κ3) is 1.94. The largest absolute Gasteiger partial charge is 0.320 e. The van der Waals surface area contributed by atoms with Gasteiger partial charge >= 0.3 is 0 Å². The Morgan fingerprint density at radius 1 is 1.42 bits per heavy atom. The molecule has 1 rings (SSSR count). The van der Waals surface area contributed by atoms with E-state index in [4.69, 9.17) is 0 Å². The zero-order valence-electron chi connectivity index (χ0n) is 7.98. The Morgan fingerprint density at radius 2 is 2.08 bits per heavy atom. The summed E-state index contributed by atoms with van der Waals surface area (Å²) in [6, 6.07) is 0.344. The molecule has 0 spiro atoms. The first-order valence-electron chi connectivity index (χ1n) is 3.97. The second-order valence-corrected chi connectivity index (χ2v) is 3.70. The minimum absolute atomic E-state index is 0.344. The molecule has 4 heteroatoms. The number of imidazole rings is 1. The third-order valence-electron chi connectivity index (χ3n) is 1.51. The minimum Gasteiger partial charge on any atom is -0.320 e. The van der Waals surface area contributed by atoms with Crippen LogP contribution in [0.5, 0.6) is 0 Å². The fourth-order valence-electron chi connectivity index (χ4n) is 0.971. The van der Waals surface area contributed by atoms with Gasteiger partial charge in [0.05, 0.1) is 0 Å². The fourth-order valence-corrected chi connectivity index (χ4v) is 1.49. The van der Waals surface area contributed by atoms with Gasteiger partial charge in [0, 0.05) is 31.7 Å². The van der Waals surface area contributed by atoms with Crippen molar-refractivity contribution in [1.82, 2.24) is 8.54 Å². The molecule has 0 aromatic carbocycles. The highest BCUT2D eigenvalue weighted by molar-refractivity contribution is 7.97. The van der Waals surface area contributed by atoms with Gasteiger partial charge in [-0.25, -0.2) is 4.99 Å². The lowest BCUT2D eigenvalue weighted by molar-refractivity contribution is 0.720. The average molecular weight is 185 g/mol. The molecule has 0 bridgehead atoms. The van der Waals surface area contributed by atoms with E-state index in [0.717, 1.165) is 5.62 Å². The summed E-state index contributed by atoms with van der Waals surface area (Å²) in [7, 11) is 2.01. The maximum absolute atomic E-state index is 4.49. The van der Waals surface area contributed by atoms with E-state index in [2.05, 4.69) is 22.8 Å². The number of hydrogen-bond donors (Lipinski definition) is 0. The van der Waals surface area contributed by atoms with Gasteiger partial charge in [0.15, 0.2) is 0 Å². The molecular formula is C8H15N3S. The van der Waals surface area contributed by atoms with Crippen LogP contribution >= 0.6 is 11.9 Å². The standard InChI is InChI=1S/C8H15N3S/c1-7(2)9-8-10(3)5-6-11(8)12-4/h5-7H,1-4H3. The lowest BCUT2D eigenvalue weighted by Crippen LogP contribution is -2.22. The topological polar surface area (TPSA) is 22.2 Å². The Hall–Kier alpha value is -0.640. The number of hydrogen-bond acceptors (Lipinski definition) is 2. The first-order valence-corrected chi connectivity index (χ1v) is 5.15. The van der Waals surface area contributed by atoms with Crippen molar-refractivity contribution in [3.63, 3.8) is 0 Å². The smallest absolute Gasteiger partial charge is 0.215 e. The van der Waals surface area contributed by atoms with E-state index in [1.54, 1.807) is 11.9 Å². The summed E-state index contributed by atoms with van der Waals surface area (Å²) in [4.78, 5) is 4.49. The molecule has 1 aromatic rings. The van der Waals surface area contributed by atoms with Crippen molar-refractivity contribution < 1.29 is 0 Å². The predicted octanol–water partition coefficient (Wildman–Crippen LogP) is 1.26. The van der Waals surface area contributed by atoms with Crippen molar-refractivity contribution in [1.29, 1.82) is 0 Å². The maximum atomic E-state index is 4.49. The minimum atomic E-state index is 0.344. The Kier molecular flexibility index (Phi) is 3.03. The lowest BCUT2D eigenvalue weighted by Gasteiger charge is -1.99. The summed E-state index contributed by atoms with van der Waals surface area (Å²) in [5.41, 5.74) is 1.01. The Bertz CT molecular complexity index is 308. The summed E-state index contributed by atoms with van der Waals surface area (Å²) in [6.45, 7) is 4.16. The van der Waals surface area contributed by atoms with E-state index in [9.17, 15) is 0 Å². The molecule has 1 aromatic heterocycles. The van der Waals surface area contributed by atoms with Crippen molar-refractivity contribution in [2.75, 3.05) is 6.26 Å². The second kappa shape index (κ2) is 3.85. The second-order valence-electron chi connectivity index (χ2n) is 2.94. The predicted molar refractivity (Wildman–Crippen MR) is 53.0 cm³/mol. The Balaban J connectivity index is 3.19. The van der Waals surface area contributed by atoms with Crippen LogP contribution < -0.4 is 5.62 Å². The highest BCUT2D eigenvalue weighted by Gasteiger charge is 1.96. The zero-order valence-corrected chi connectivity index (χ0v) is 8.80. The van der Waals surface area contributed by atoms with Crippen molar-refractivity contribution in [3.8, 4) is 0 Å². The summed E-state index contributed by atoms with van der Waals surface area (Å²) >= 11 is 1.66. The average Bonchev–Trinajstić information content (AvgIpc) is 2.32. The SMILES string of the molecule is CSn1ccn(C)c1=NC(C)C. The molecule has 0 saturated heterocycles. The Labute approximate surface area is 77.3 Å². The van der Waals surface area contributed by atoms with Crippen molar-refractivity contribution in [2.45, 2.75) is 19.9 Å². The molecule has 3 nitrogen and oxygen atoms in total. The van der Waals surface area contributed by atoms with E-state index >= 15 is 0 Å². The van der Waals surface area contributed by atoms with Gasteiger partial charge in [-0.05, 0) is 25.8 Å². The summed E-state index contributed by atoms with van der Waals surface area (Å²) < 4.78 is 4.08. The fraction of sp³-hybridized carbons (Fsp3) is 0.625. The van der Waals surface area contributed by atoms with Gasteiger partial charge in [-0.1, -0.05) is 0 Å². The third-order valence-corrected chi connectivity index (χ3v) is 2.19. The van der Waals surface area contributed by atoms with Gasteiger partial charge in [-0.3, -0.25) is 3.97 Å². The zero-order chi connectivity index (χ0) is 9.14. The van der Waals surface area contributed by atoms with Gasteiger partial charge < -0.3 is 4.57 Å². The maximum Gasteiger partial charge on any atom is 0.215 e. The number of aryl methyl sites for hydroxylation is 1. The molecule has 0 aliphatic carbocycles. The van der Waals surface area contributed by atoms with Crippen molar-refractivity contribution >= 4 is 11.9 Å². The van der Waals surface area contributed by atoms with Crippen LogP contribution in [0.25, 0.3) is 0 Å². The van der Waals surface area contributed by atoms with Gasteiger partial charge in [0.25, 0.3) is 0 Å². The van der Waals surface area contributed by atoms with E-state index in [0.29, 0.717) is 6.04 Å². The number of rotatable bonds is 2. The molecule has 0 fully saturated rings. The van der Waals surface area contributed by atoms with Gasteiger partial charge in [0.2, 0.25) is 5.62 Å². The molecule has 0 amide bonds. The van der Waals surface area contributed by atoms with Crippen LogP contribution in [-0.4, -0.2) is 20.8 Å².